The van der Waals surface area contributed by atoms with E-state index in [1.807, 2.05) is 12.1 Å². The van der Waals surface area contributed by atoms with Gasteiger partial charge in [0.1, 0.15) is 6.04 Å². The fourth-order valence-corrected chi connectivity index (χ4v) is 5.61. The smallest absolute Gasteiger partial charge is 0.243 e. The van der Waals surface area contributed by atoms with Gasteiger partial charge in [-0.1, -0.05) is 72.3 Å². The number of hydrogen-bond donors (Lipinski definition) is 2. The van der Waals surface area contributed by atoms with Gasteiger partial charge in [-0.2, -0.15) is 0 Å². The minimum Gasteiger partial charge on any atom is -0.353 e. The van der Waals surface area contributed by atoms with E-state index in [4.69, 9.17) is 11.6 Å². The summed E-state index contributed by atoms with van der Waals surface area (Å²) in [6.45, 7) is 4.09. The molecule has 2 heterocycles. The zero-order valence-corrected chi connectivity index (χ0v) is 23.1. The standard InChI is InChI=1S/C31H34ClN5O3/c32-25-11-13-26(14-12-25)34-28(38)21-27-31(40)33-15-16-37(27)29(39)22-35-17-19-36(20-18-35)30(23-7-3-1-4-8-23)24-9-5-2-6-10-24/h1-14,27,30H,15-22H2,(H,33,40)(H,34,38). The number of carbonyl (C=O) groups excluding carboxylic acids is 3. The Balaban J connectivity index is 1.19. The first kappa shape index (κ1) is 27.8. The molecule has 8 nitrogen and oxygen atoms in total. The van der Waals surface area contributed by atoms with Crippen LogP contribution in [-0.2, 0) is 14.4 Å². The SMILES string of the molecule is O=C(CC1C(=O)NCCN1C(=O)CN1CCN(C(c2ccccc2)c2ccccc2)CC1)Nc1ccc(Cl)cc1. The minimum atomic E-state index is -0.838. The molecule has 2 aliphatic rings. The summed E-state index contributed by atoms with van der Waals surface area (Å²) in [6.07, 6.45) is -0.107. The van der Waals surface area contributed by atoms with E-state index in [2.05, 4.69) is 69.0 Å². The van der Waals surface area contributed by atoms with Crippen LogP contribution >= 0.6 is 11.6 Å². The van der Waals surface area contributed by atoms with Crippen LogP contribution in [0.15, 0.2) is 84.9 Å². The fourth-order valence-electron chi connectivity index (χ4n) is 5.48. The number of carbonyl (C=O) groups is 3. The van der Waals surface area contributed by atoms with E-state index in [9.17, 15) is 14.4 Å². The Labute approximate surface area is 239 Å². The highest BCUT2D eigenvalue weighted by Gasteiger charge is 2.36. The van der Waals surface area contributed by atoms with Gasteiger partial charge in [0.2, 0.25) is 17.7 Å². The Bertz CT molecular complexity index is 1260. The quantitative estimate of drug-likeness (QED) is 0.442. The number of anilines is 1. The van der Waals surface area contributed by atoms with E-state index in [1.165, 1.54) is 11.1 Å². The molecule has 5 rings (SSSR count). The molecule has 0 saturated carbocycles. The van der Waals surface area contributed by atoms with Crippen LogP contribution in [0.1, 0.15) is 23.6 Å². The van der Waals surface area contributed by atoms with Crippen molar-refractivity contribution in [3.05, 3.63) is 101 Å². The second-order valence-corrected chi connectivity index (χ2v) is 10.6. The van der Waals surface area contributed by atoms with Gasteiger partial charge in [-0.3, -0.25) is 24.2 Å². The van der Waals surface area contributed by atoms with E-state index < -0.39 is 6.04 Å². The summed E-state index contributed by atoms with van der Waals surface area (Å²) in [4.78, 5) is 45.0. The van der Waals surface area contributed by atoms with Crippen LogP contribution in [0, 0.1) is 0 Å². The first-order valence-electron chi connectivity index (χ1n) is 13.7. The van der Waals surface area contributed by atoms with Gasteiger partial charge in [-0.05, 0) is 35.4 Å². The Morgan fingerprint density at radius 2 is 1.45 bits per heavy atom. The number of benzene rings is 3. The van der Waals surface area contributed by atoms with Gasteiger partial charge < -0.3 is 15.5 Å². The third-order valence-electron chi connectivity index (χ3n) is 7.52. The molecule has 3 aromatic rings. The van der Waals surface area contributed by atoms with Crippen molar-refractivity contribution in [1.29, 1.82) is 0 Å². The lowest BCUT2D eigenvalue weighted by Gasteiger charge is -2.41. The Kier molecular flexibility index (Phi) is 9.11. The maximum absolute atomic E-state index is 13.4. The van der Waals surface area contributed by atoms with Crippen molar-refractivity contribution in [3.63, 3.8) is 0 Å². The molecule has 40 heavy (non-hydrogen) atoms. The van der Waals surface area contributed by atoms with E-state index in [-0.39, 0.29) is 36.7 Å². The Morgan fingerprint density at radius 1 is 0.850 bits per heavy atom. The van der Waals surface area contributed by atoms with E-state index >= 15 is 0 Å². The van der Waals surface area contributed by atoms with Crippen molar-refractivity contribution >= 4 is 35.0 Å². The second kappa shape index (κ2) is 13.1. The third-order valence-corrected chi connectivity index (χ3v) is 7.77. The van der Waals surface area contributed by atoms with Crippen molar-refractivity contribution in [2.75, 3.05) is 51.1 Å². The molecule has 0 bridgehead atoms. The molecule has 2 aliphatic heterocycles. The van der Waals surface area contributed by atoms with E-state index in [0.717, 1.165) is 26.2 Å². The van der Waals surface area contributed by atoms with Gasteiger partial charge in [0.05, 0.1) is 19.0 Å². The zero-order chi connectivity index (χ0) is 27.9. The van der Waals surface area contributed by atoms with Crippen LogP contribution in [0.4, 0.5) is 5.69 Å². The van der Waals surface area contributed by atoms with Crippen LogP contribution in [0.3, 0.4) is 0 Å². The van der Waals surface area contributed by atoms with Gasteiger partial charge in [-0.15, -0.1) is 0 Å². The lowest BCUT2D eigenvalue weighted by atomic mass is 9.96. The molecule has 0 radical (unpaired) electrons. The van der Waals surface area contributed by atoms with Crippen molar-refractivity contribution in [2.24, 2.45) is 0 Å². The van der Waals surface area contributed by atoms with Crippen LogP contribution < -0.4 is 10.6 Å². The lowest BCUT2D eigenvalue weighted by molar-refractivity contribution is -0.145. The lowest BCUT2D eigenvalue weighted by Crippen LogP contribution is -2.60. The highest BCUT2D eigenvalue weighted by Crippen LogP contribution is 2.29. The van der Waals surface area contributed by atoms with Crippen molar-refractivity contribution in [3.8, 4) is 0 Å². The minimum absolute atomic E-state index is 0.107. The fraction of sp³-hybridized carbons (Fsp3) is 0.323. The normalized spacial score (nSPS) is 18.4. The number of halogens is 1. The number of amides is 3. The topological polar surface area (TPSA) is 85.0 Å². The summed E-state index contributed by atoms with van der Waals surface area (Å²) in [6, 6.07) is 27.1. The summed E-state index contributed by atoms with van der Waals surface area (Å²) < 4.78 is 0. The Morgan fingerprint density at radius 3 is 2.05 bits per heavy atom. The summed E-state index contributed by atoms with van der Waals surface area (Å²) >= 11 is 5.92. The molecule has 9 heteroatoms. The Hall–Kier alpha value is -3.72. The van der Waals surface area contributed by atoms with Crippen LogP contribution in [0.5, 0.6) is 0 Å². The number of rotatable bonds is 8. The monoisotopic (exact) mass is 559 g/mol. The maximum Gasteiger partial charge on any atom is 0.243 e. The first-order chi connectivity index (χ1) is 19.5. The molecule has 2 fully saturated rings. The van der Waals surface area contributed by atoms with Crippen LogP contribution in [0.25, 0.3) is 0 Å². The van der Waals surface area contributed by atoms with Gasteiger partial charge in [0.25, 0.3) is 0 Å². The highest BCUT2D eigenvalue weighted by atomic mass is 35.5. The average molecular weight is 560 g/mol. The molecule has 0 spiro atoms. The zero-order valence-electron chi connectivity index (χ0n) is 22.3. The molecule has 3 amide bonds. The summed E-state index contributed by atoms with van der Waals surface area (Å²) in [5, 5.41) is 6.15. The van der Waals surface area contributed by atoms with Crippen molar-refractivity contribution in [1.82, 2.24) is 20.0 Å². The largest absolute Gasteiger partial charge is 0.353 e. The predicted molar refractivity (Wildman–Crippen MR) is 156 cm³/mol. The maximum atomic E-state index is 13.4. The van der Waals surface area contributed by atoms with Gasteiger partial charge in [0.15, 0.2) is 0 Å². The number of nitrogens with one attached hydrogen (secondary N) is 2. The summed E-state index contributed by atoms with van der Waals surface area (Å²) in [5.41, 5.74) is 3.08. The summed E-state index contributed by atoms with van der Waals surface area (Å²) in [7, 11) is 0. The molecule has 2 N–H and O–H groups in total. The second-order valence-electron chi connectivity index (χ2n) is 10.2. The number of hydrogen-bond acceptors (Lipinski definition) is 5. The molecule has 0 aliphatic carbocycles. The summed E-state index contributed by atoms with van der Waals surface area (Å²) in [5.74, 6) is -0.761. The van der Waals surface area contributed by atoms with Gasteiger partial charge >= 0.3 is 0 Å². The van der Waals surface area contributed by atoms with Crippen LogP contribution in [-0.4, -0.2) is 84.3 Å². The molecular weight excluding hydrogens is 526 g/mol. The highest BCUT2D eigenvalue weighted by molar-refractivity contribution is 6.30. The van der Waals surface area contributed by atoms with E-state index in [1.54, 1.807) is 29.2 Å². The first-order valence-corrected chi connectivity index (χ1v) is 14.0. The molecule has 208 valence electrons. The number of piperazine rings is 2. The average Bonchev–Trinajstić information content (AvgIpc) is 2.97. The third kappa shape index (κ3) is 6.88. The molecule has 1 atom stereocenters. The molecule has 2 saturated heterocycles. The van der Waals surface area contributed by atoms with Crippen LogP contribution in [0.2, 0.25) is 5.02 Å². The molecule has 0 aromatic heterocycles. The molecule has 1 unspecified atom stereocenters. The van der Waals surface area contributed by atoms with Gasteiger partial charge in [-0.25, -0.2) is 0 Å². The number of nitrogens with zero attached hydrogens (tertiary/aromatic N) is 3. The molecular formula is C31H34ClN5O3. The van der Waals surface area contributed by atoms with Crippen molar-refractivity contribution in [2.45, 2.75) is 18.5 Å². The molecule has 3 aromatic carbocycles. The van der Waals surface area contributed by atoms with E-state index in [0.29, 0.717) is 23.8 Å². The van der Waals surface area contributed by atoms with Gasteiger partial charge in [0, 0.05) is 50.0 Å². The van der Waals surface area contributed by atoms with Crippen molar-refractivity contribution < 1.29 is 14.4 Å². The predicted octanol–water partition coefficient (Wildman–Crippen LogP) is 3.40.